The van der Waals surface area contributed by atoms with Gasteiger partial charge in [-0.25, -0.2) is 17.5 Å². The standard InChI is InChI=1S/C14H18FN3O3S/c1-14(21-3,12-6-4-5-7-13(12)15)10-17-22(19,20)11-8-16-18(2)9-11/h4-9,17H,10H2,1-3H3/t14-/m1/s1. The molecule has 0 saturated heterocycles. The van der Waals surface area contributed by atoms with Crippen molar-refractivity contribution in [3.8, 4) is 0 Å². The number of ether oxygens (including phenoxy) is 1. The van der Waals surface area contributed by atoms with E-state index in [-0.39, 0.29) is 17.0 Å². The number of hydrogen-bond donors (Lipinski definition) is 1. The van der Waals surface area contributed by atoms with E-state index in [1.165, 1.54) is 30.3 Å². The Kier molecular flexibility index (Phi) is 4.64. The van der Waals surface area contributed by atoms with Gasteiger partial charge in [0.1, 0.15) is 16.3 Å². The third-order valence-corrected chi connectivity index (χ3v) is 4.84. The predicted octanol–water partition coefficient (Wildman–Crippen LogP) is 1.40. The van der Waals surface area contributed by atoms with Crippen LogP contribution in [0.1, 0.15) is 12.5 Å². The molecule has 8 heteroatoms. The van der Waals surface area contributed by atoms with Crippen molar-refractivity contribution in [2.24, 2.45) is 7.05 Å². The Hall–Kier alpha value is -1.77. The highest BCUT2D eigenvalue weighted by Crippen LogP contribution is 2.26. The first kappa shape index (κ1) is 16.6. The molecule has 0 amide bonds. The second-order valence-electron chi connectivity index (χ2n) is 5.09. The zero-order valence-corrected chi connectivity index (χ0v) is 13.4. The smallest absolute Gasteiger partial charge is 0.243 e. The largest absolute Gasteiger partial charge is 0.372 e. The summed E-state index contributed by atoms with van der Waals surface area (Å²) in [5.74, 6) is -0.451. The fraction of sp³-hybridized carbons (Fsp3) is 0.357. The minimum absolute atomic E-state index is 0.0435. The van der Waals surface area contributed by atoms with Gasteiger partial charge in [-0.3, -0.25) is 4.68 Å². The van der Waals surface area contributed by atoms with E-state index in [1.54, 1.807) is 32.2 Å². The molecule has 2 rings (SSSR count). The number of methoxy groups -OCH3 is 1. The molecule has 0 bridgehead atoms. The van der Waals surface area contributed by atoms with E-state index in [1.807, 2.05) is 0 Å². The SMILES string of the molecule is CO[C@](C)(CNS(=O)(=O)c1cnn(C)c1)c1ccccc1F. The number of hydrogen-bond acceptors (Lipinski definition) is 4. The summed E-state index contributed by atoms with van der Waals surface area (Å²) in [6.07, 6.45) is 2.63. The van der Waals surface area contributed by atoms with Crippen LogP contribution in [0.4, 0.5) is 4.39 Å². The molecule has 6 nitrogen and oxygen atoms in total. The molecule has 0 aliphatic carbocycles. The number of aryl methyl sites for hydroxylation is 1. The quantitative estimate of drug-likeness (QED) is 0.870. The molecule has 22 heavy (non-hydrogen) atoms. The van der Waals surface area contributed by atoms with Crippen molar-refractivity contribution in [1.82, 2.24) is 14.5 Å². The minimum Gasteiger partial charge on any atom is -0.372 e. The Labute approximate surface area is 129 Å². The van der Waals surface area contributed by atoms with Crippen molar-refractivity contribution in [3.63, 3.8) is 0 Å². The van der Waals surface area contributed by atoms with Gasteiger partial charge in [-0.2, -0.15) is 5.10 Å². The third kappa shape index (κ3) is 3.34. The van der Waals surface area contributed by atoms with Crippen LogP contribution < -0.4 is 4.72 Å². The van der Waals surface area contributed by atoms with Crippen LogP contribution in [0.2, 0.25) is 0 Å². The Bertz CT molecular complexity index is 760. The first-order valence-corrected chi connectivity index (χ1v) is 8.05. The topological polar surface area (TPSA) is 73.2 Å². The van der Waals surface area contributed by atoms with Crippen LogP contribution in [0.5, 0.6) is 0 Å². The molecule has 1 aromatic heterocycles. The first-order chi connectivity index (χ1) is 10.3. The van der Waals surface area contributed by atoms with Crippen LogP contribution in [-0.4, -0.2) is 31.9 Å². The molecule has 2 aromatic rings. The fourth-order valence-corrected chi connectivity index (χ4v) is 3.13. The summed E-state index contributed by atoms with van der Waals surface area (Å²) in [5.41, 5.74) is -0.841. The monoisotopic (exact) mass is 327 g/mol. The van der Waals surface area contributed by atoms with Crippen LogP contribution in [0.3, 0.4) is 0 Å². The summed E-state index contributed by atoms with van der Waals surface area (Å²) >= 11 is 0. The van der Waals surface area contributed by atoms with Crippen molar-refractivity contribution in [3.05, 3.63) is 48.0 Å². The van der Waals surface area contributed by atoms with Gasteiger partial charge >= 0.3 is 0 Å². The zero-order valence-electron chi connectivity index (χ0n) is 12.6. The molecule has 120 valence electrons. The lowest BCUT2D eigenvalue weighted by Gasteiger charge is -2.29. The minimum atomic E-state index is -3.74. The lowest BCUT2D eigenvalue weighted by Crippen LogP contribution is -2.40. The van der Waals surface area contributed by atoms with E-state index in [2.05, 4.69) is 9.82 Å². The van der Waals surface area contributed by atoms with Gasteiger partial charge in [-0.05, 0) is 13.0 Å². The number of halogens is 1. The Morgan fingerprint density at radius 2 is 2.09 bits per heavy atom. The van der Waals surface area contributed by atoms with E-state index in [0.717, 1.165) is 0 Å². The maximum absolute atomic E-state index is 13.9. The molecule has 1 N–H and O–H groups in total. The first-order valence-electron chi connectivity index (χ1n) is 6.57. The molecule has 0 radical (unpaired) electrons. The number of nitrogens with zero attached hydrogens (tertiary/aromatic N) is 2. The Balaban J connectivity index is 2.23. The van der Waals surface area contributed by atoms with Crippen LogP contribution >= 0.6 is 0 Å². The number of sulfonamides is 1. The van der Waals surface area contributed by atoms with Crippen LogP contribution in [-0.2, 0) is 27.4 Å². The van der Waals surface area contributed by atoms with Gasteiger partial charge < -0.3 is 4.74 Å². The summed E-state index contributed by atoms with van der Waals surface area (Å²) in [5, 5.41) is 3.83. The van der Waals surface area contributed by atoms with Gasteiger partial charge in [-0.15, -0.1) is 0 Å². The second kappa shape index (κ2) is 6.15. The van der Waals surface area contributed by atoms with Crippen molar-refractivity contribution < 1.29 is 17.5 Å². The zero-order chi connectivity index (χ0) is 16.4. The lowest BCUT2D eigenvalue weighted by atomic mass is 9.95. The molecule has 1 atom stereocenters. The molecule has 0 spiro atoms. The molecule has 1 aromatic carbocycles. The van der Waals surface area contributed by atoms with E-state index in [4.69, 9.17) is 4.74 Å². The van der Waals surface area contributed by atoms with E-state index < -0.39 is 21.4 Å². The van der Waals surface area contributed by atoms with Gasteiger partial charge in [0.2, 0.25) is 10.0 Å². The van der Waals surface area contributed by atoms with E-state index in [0.29, 0.717) is 0 Å². The summed E-state index contributed by atoms with van der Waals surface area (Å²) in [4.78, 5) is 0.0435. The predicted molar refractivity (Wildman–Crippen MR) is 79.2 cm³/mol. The second-order valence-corrected chi connectivity index (χ2v) is 6.86. The summed E-state index contributed by atoms with van der Waals surface area (Å²) in [6, 6.07) is 6.11. The average Bonchev–Trinajstić information content (AvgIpc) is 2.93. The number of rotatable bonds is 6. The van der Waals surface area contributed by atoms with Crippen molar-refractivity contribution >= 4 is 10.0 Å². The fourth-order valence-electron chi connectivity index (χ4n) is 2.02. The lowest BCUT2D eigenvalue weighted by molar-refractivity contribution is 0.00410. The Morgan fingerprint density at radius 3 is 2.64 bits per heavy atom. The van der Waals surface area contributed by atoms with Crippen LogP contribution in [0.15, 0.2) is 41.6 Å². The maximum atomic E-state index is 13.9. The van der Waals surface area contributed by atoms with Crippen LogP contribution in [0.25, 0.3) is 0 Å². The molecule has 0 fully saturated rings. The highest BCUT2D eigenvalue weighted by molar-refractivity contribution is 7.89. The van der Waals surface area contributed by atoms with Gasteiger partial charge in [0.05, 0.1) is 6.20 Å². The summed E-state index contributed by atoms with van der Waals surface area (Å²) in [7, 11) is -0.709. The van der Waals surface area contributed by atoms with Gasteiger partial charge in [-0.1, -0.05) is 18.2 Å². The summed E-state index contributed by atoms with van der Waals surface area (Å²) in [6.45, 7) is 1.51. The Morgan fingerprint density at radius 1 is 1.41 bits per heavy atom. The molecule has 0 aliphatic rings. The highest BCUT2D eigenvalue weighted by Gasteiger charge is 2.31. The molecular formula is C14H18FN3O3S. The molecule has 1 heterocycles. The number of aromatic nitrogens is 2. The van der Waals surface area contributed by atoms with Crippen molar-refractivity contribution in [2.75, 3.05) is 13.7 Å². The third-order valence-electron chi connectivity index (χ3n) is 3.49. The highest BCUT2D eigenvalue weighted by atomic mass is 32.2. The van der Waals surface area contributed by atoms with Gasteiger partial charge in [0, 0.05) is 32.5 Å². The van der Waals surface area contributed by atoms with Gasteiger partial charge in [0.15, 0.2) is 0 Å². The molecule has 0 aliphatic heterocycles. The molecule has 0 unspecified atom stereocenters. The maximum Gasteiger partial charge on any atom is 0.243 e. The van der Waals surface area contributed by atoms with Crippen molar-refractivity contribution in [2.45, 2.75) is 17.4 Å². The number of benzene rings is 1. The molecular weight excluding hydrogens is 309 g/mol. The van der Waals surface area contributed by atoms with Gasteiger partial charge in [0.25, 0.3) is 0 Å². The normalized spacial score (nSPS) is 14.7. The van der Waals surface area contributed by atoms with E-state index in [9.17, 15) is 12.8 Å². The summed E-state index contributed by atoms with van der Waals surface area (Å²) < 4.78 is 47.5. The van der Waals surface area contributed by atoms with Crippen LogP contribution in [0, 0.1) is 5.82 Å². The molecule has 0 saturated carbocycles. The number of nitrogens with one attached hydrogen (secondary N) is 1. The van der Waals surface area contributed by atoms with E-state index >= 15 is 0 Å². The van der Waals surface area contributed by atoms with Crippen molar-refractivity contribution in [1.29, 1.82) is 0 Å². The average molecular weight is 327 g/mol.